The van der Waals surface area contributed by atoms with Crippen molar-refractivity contribution in [2.45, 2.75) is 18.9 Å². The van der Waals surface area contributed by atoms with Gasteiger partial charge in [0.1, 0.15) is 6.54 Å². The van der Waals surface area contributed by atoms with Gasteiger partial charge in [0.15, 0.2) is 0 Å². The van der Waals surface area contributed by atoms with E-state index in [0.717, 1.165) is 12.8 Å². The summed E-state index contributed by atoms with van der Waals surface area (Å²) in [6.07, 6.45) is 1.84. The molecule has 1 aromatic carbocycles. The van der Waals surface area contributed by atoms with Crippen LogP contribution in [0.15, 0.2) is 30.3 Å². The number of nitriles is 1. The number of nitrogens with zero attached hydrogens (tertiary/aromatic N) is 3. The molecule has 1 amide bonds. The average Bonchev–Trinajstić information content (AvgIpc) is 3.29. The zero-order valence-electron chi connectivity index (χ0n) is 11.6. The van der Waals surface area contributed by atoms with Gasteiger partial charge in [-0.25, -0.2) is 0 Å². The molecule has 1 saturated carbocycles. The Morgan fingerprint density at radius 2 is 1.90 bits per heavy atom. The number of carboxylic acid groups (broad SMARTS) is 1. The molecule has 1 fully saturated rings. The molecule has 0 heterocycles. The maximum atomic E-state index is 12.4. The van der Waals surface area contributed by atoms with Crippen LogP contribution in [0.5, 0.6) is 0 Å². The molecule has 1 aliphatic rings. The van der Waals surface area contributed by atoms with E-state index in [1.165, 1.54) is 4.90 Å². The zero-order valence-corrected chi connectivity index (χ0v) is 11.6. The predicted octanol–water partition coefficient (Wildman–Crippen LogP) is 1.09. The fraction of sp³-hybridized carbons (Fsp3) is 0.400. The van der Waals surface area contributed by atoms with Crippen molar-refractivity contribution in [2.24, 2.45) is 0 Å². The van der Waals surface area contributed by atoms with Gasteiger partial charge in [-0.15, -0.1) is 0 Å². The summed E-state index contributed by atoms with van der Waals surface area (Å²) in [5.74, 6) is -1.20. The van der Waals surface area contributed by atoms with Crippen LogP contribution in [0.2, 0.25) is 0 Å². The Balaban J connectivity index is 2.07. The van der Waals surface area contributed by atoms with E-state index < -0.39 is 5.97 Å². The highest BCUT2D eigenvalue weighted by Crippen LogP contribution is 2.26. The minimum atomic E-state index is -0.943. The standard InChI is InChI=1S/C15H17N3O3/c16-8-9-18(13-4-2-1-3-5-13)14(19)10-17(11-15(20)21)12-6-7-12/h1-5,12H,6-7,9-11H2,(H,20,21). The van der Waals surface area contributed by atoms with E-state index in [1.54, 1.807) is 29.2 Å². The first-order valence-electron chi connectivity index (χ1n) is 6.80. The molecule has 21 heavy (non-hydrogen) atoms. The summed E-state index contributed by atoms with van der Waals surface area (Å²) in [4.78, 5) is 26.3. The van der Waals surface area contributed by atoms with Crippen LogP contribution in [0, 0.1) is 11.3 Å². The highest BCUT2D eigenvalue weighted by atomic mass is 16.4. The van der Waals surface area contributed by atoms with Crippen LogP contribution in [-0.2, 0) is 9.59 Å². The zero-order chi connectivity index (χ0) is 15.2. The SMILES string of the molecule is N#CCN(C(=O)CN(CC(=O)O)C1CC1)c1ccccc1. The Morgan fingerprint density at radius 1 is 1.24 bits per heavy atom. The normalized spacial score (nSPS) is 13.7. The second-order valence-corrected chi connectivity index (χ2v) is 5.00. The molecule has 6 heteroatoms. The molecule has 0 saturated heterocycles. The summed E-state index contributed by atoms with van der Waals surface area (Å²) in [7, 11) is 0. The lowest BCUT2D eigenvalue weighted by Gasteiger charge is -2.25. The number of carbonyl (C=O) groups is 2. The van der Waals surface area contributed by atoms with Crippen molar-refractivity contribution < 1.29 is 14.7 Å². The second kappa shape index (κ2) is 6.86. The van der Waals surface area contributed by atoms with Gasteiger partial charge < -0.3 is 5.11 Å². The lowest BCUT2D eigenvalue weighted by Crippen LogP contribution is -2.43. The summed E-state index contributed by atoms with van der Waals surface area (Å²) < 4.78 is 0. The van der Waals surface area contributed by atoms with E-state index in [4.69, 9.17) is 10.4 Å². The number of amides is 1. The van der Waals surface area contributed by atoms with Crippen molar-refractivity contribution in [3.8, 4) is 6.07 Å². The summed E-state index contributed by atoms with van der Waals surface area (Å²) in [5.41, 5.74) is 0.648. The molecule has 0 radical (unpaired) electrons. The Hall–Kier alpha value is -2.39. The average molecular weight is 287 g/mol. The van der Waals surface area contributed by atoms with Gasteiger partial charge in [0.2, 0.25) is 5.91 Å². The monoisotopic (exact) mass is 287 g/mol. The first kappa shape index (κ1) is 15.0. The van der Waals surface area contributed by atoms with Crippen LogP contribution in [0.1, 0.15) is 12.8 Å². The van der Waals surface area contributed by atoms with Crippen LogP contribution in [0.4, 0.5) is 5.69 Å². The van der Waals surface area contributed by atoms with Crippen LogP contribution < -0.4 is 4.90 Å². The molecule has 0 bridgehead atoms. The van der Waals surface area contributed by atoms with E-state index in [0.29, 0.717) is 5.69 Å². The Labute approximate surface area is 123 Å². The van der Waals surface area contributed by atoms with E-state index >= 15 is 0 Å². The highest BCUT2D eigenvalue weighted by molar-refractivity contribution is 5.95. The lowest BCUT2D eigenvalue weighted by molar-refractivity contribution is -0.138. The minimum absolute atomic E-state index is 0.0214. The topological polar surface area (TPSA) is 84.6 Å². The van der Waals surface area contributed by atoms with Crippen molar-refractivity contribution in [3.05, 3.63) is 30.3 Å². The molecule has 0 aliphatic heterocycles. The third kappa shape index (κ3) is 4.29. The number of carboxylic acids is 1. The third-order valence-electron chi connectivity index (χ3n) is 3.34. The van der Waals surface area contributed by atoms with E-state index in [-0.39, 0.29) is 31.6 Å². The number of aliphatic carboxylic acids is 1. The molecule has 6 nitrogen and oxygen atoms in total. The van der Waals surface area contributed by atoms with Crippen LogP contribution >= 0.6 is 0 Å². The summed E-state index contributed by atoms with van der Waals surface area (Å²) in [6, 6.07) is 11.1. The largest absolute Gasteiger partial charge is 0.480 e. The third-order valence-corrected chi connectivity index (χ3v) is 3.34. The van der Waals surface area contributed by atoms with Gasteiger partial charge >= 0.3 is 5.97 Å². The van der Waals surface area contributed by atoms with Gasteiger partial charge in [-0.3, -0.25) is 19.4 Å². The van der Waals surface area contributed by atoms with Gasteiger partial charge in [-0.05, 0) is 25.0 Å². The fourth-order valence-electron chi connectivity index (χ4n) is 2.19. The minimum Gasteiger partial charge on any atom is -0.480 e. The molecule has 1 aliphatic carbocycles. The molecular formula is C15H17N3O3. The highest BCUT2D eigenvalue weighted by Gasteiger charge is 2.32. The summed E-state index contributed by atoms with van der Waals surface area (Å²) in [5, 5.41) is 17.8. The van der Waals surface area contributed by atoms with Crippen molar-refractivity contribution >= 4 is 17.6 Å². The maximum absolute atomic E-state index is 12.4. The predicted molar refractivity (Wildman–Crippen MR) is 76.6 cm³/mol. The van der Waals surface area contributed by atoms with Crippen molar-refractivity contribution in [1.29, 1.82) is 5.26 Å². The quantitative estimate of drug-likeness (QED) is 0.759. The Bertz CT molecular complexity index is 549. The van der Waals surface area contributed by atoms with E-state index in [9.17, 15) is 9.59 Å². The van der Waals surface area contributed by atoms with Crippen molar-refractivity contribution in [2.75, 3.05) is 24.5 Å². The smallest absolute Gasteiger partial charge is 0.317 e. The fourth-order valence-corrected chi connectivity index (χ4v) is 2.19. The summed E-state index contributed by atoms with van der Waals surface area (Å²) >= 11 is 0. The van der Waals surface area contributed by atoms with Crippen LogP contribution in [0.3, 0.4) is 0 Å². The number of rotatable bonds is 7. The molecule has 2 rings (SSSR count). The maximum Gasteiger partial charge on any atom is 0.317 e. The first-order valence-corrected chi connectivity index (χ1v) is 6.80. The molecular weight excluding hydrogens is 270 g/mol. The number of anilines is 1. The number of benzene rings is 1. The molecule has 0 unspecified atom stereocenters. The lowest BCUT2D eigenvalue weighted by atomic mass is 10.2. The molecule has 1 aromatic rings. The van der Waals surface area contributed by atoms with Crippen LogP contribution in [-0.4, -0.2) is 47.6 Å². The molecule has 0 spiro atoms. The number of hydrogen-bond donors (Lipinski definition) is 1. The Morgan fingerprint density at radius 3 is 2.43 bits per heavy atom. The van der Waals surface area contributed by atoms with Crippen LogP contribution in [0.25, 0.3) is 0 Å². The van der Waals surface area contributed by atoms with Crippen molar-refractivity contribution in [3.63, 3.8) is 0 Å². The molecule has 0 aromatic heterocycles. The van der Waals surface area contributed by atoms with Gasteiger partial charge in [-0.1, -0.05) is 18.2 Å². The summed E-state index contributed by atoms with van der Waals surface area (Å²) in [6.45, 7) is -0.173. The van der Waals surface area contributed by atoms with Crippen molar-refractivity contribution in [1.82, 2.24) is 4.90 Å². The van der Waals surface area contributed by atoms with Gasteiger partial charge in [0.05, 0.1) is 19.2 Å². The number of hydrogen-bond acceptors (Lipinski definition) is 4. The van der Waals surface area contributed by atoms with Gasteiger partial charge in [0.25, 0.3) is 0 Å². The molecule has 1 N–H and O–H groups in total. The van der Waals surface area contributed by atoms with Gasteiger partial charge in [0, 0.05) is 11.7 Å². The number of carbonyl (C=O) groups excluding carboxylic acids is 1. The van der Waals surface area contributed by atoms with Gasteiger partial charge in [-0.2, -0.15) is 5.26 Å². The first-order chi connectivity index (χ1) is 10.1. The van der Waals surface area contributed by atoms with E-state index in [1.807, 2.05) is 12.1 Å². The van der Waals surface area contributed by atoms with E-state index in [2.05, 4.69) is 0 Å². The number of para-hydroxylation sites is 1. The Kier molecular flexibility index (Phi) is 4.90. The molecule has 0 atom stereocenters. The molecule has 110 valence electrons. The second-order valence-electron chi connectivity index (χ2n) is 5.00.